The van der Waals surface area contributed by atoms with Gasteiger partial charge < -0.3 is 10.1 Å². The minimum atomic E-state index is 0. The second-order valence-electron chi connectivity index (χ2n) is 4.10. The van der Waals surface area contributed by atoms with Crippen molar-refractivity contribution in [1.29, 1.82) is 0 Å². The highest BCUT2D eigenvalue weighted by Crippen LogP contribution is 2.13. The Kier molecular flexibility index (Phi) is 9.20. The van der Waals surface area contributed by atoms with Gasteiger partial charge in [-0.05, 0) is 24.6 Å². The Morgan fingerprint density at radius 3 is 2.28 bits per heavy atom. The van der Waals surface area contributed by atoms with E-state index in [1.807, 2.05) is 6.92 Å². The van der Waals surface area contributed by atoms with Crippen LogP contribution in [0.15, 0.2) is 24.3 Å². The summed E-state index contributed by atoms with van der Waals surface area (Å²) in [4.78, 5) is 2.48. The first-order chi connectivity index (χ1) is 7.88. The molecule has 0 unspecified atom stereocenters. The number of hydrogen-bond acceptors (Lipinski definition) is 3. The highest BCUT2D eigenvalue weighted by molar-refractivity contribution is 5.85. The zero-order valence-electron chi connectivity index (χ0n) is 10.7. The Bertz CT molecular complexity index is 313. The van der Waals surface area contributed by atoms with Crippen LogP contribution in [-0.2, 0) is 6.54 Å². The van der Waals surface area contributed by atoms with Gasteiger partial charge in [0.05, 0.1) is 6.61 Å². The molecule has 0 radical (unpaired) electrons. The summed E-state index contributed by atoms with van der Waals surface area (Å²) >= 11 is 0. The van der Waals surface area contributed by atoms with E-state index in [2.05, 4.69) is 34.5 Å². The molecule has 1 N–H and O–H groups in total. The molecule has 1 fully saturated rings. The molecule has 0 aromatic heterocycles. The molecule has 0 atom stereocenters. The molecule has 1 aliphatic heterocycles. The number of benzene rings is 1. The molecule has 0 spiro atoms. The number of nitrogens with one attached hydrogen (secondary N) is 1. The lowest BCUT2D eigenvalue weighted by Gasteiger charge is -2.27. The Balaban J connectivity index is 0.00000144. The van der Waals surface area contributed by atoms with Gasteiger partial charge in [0.25, 0.3) is 0 Å². The fourth-order valence-electron chi connectivity index (χ4n) is 1.99. The van der Waals surface area contributed by atoms with Gasteiger partial charge in [-0.15, -0.1) is 24.8 Å². The van der Waals surface area contributed by atoms with Crippen molar-refractivity contribution in [2.24, 2.45) is 0 Å². The first-order valence-corrected chi connectivity index (χ1v) is 6.03. The normalized spacial score (nSPS) is 15.4. The smallest absolute Gasteiger partial charge is 0.119 e. The number of hydrogen-bond donors (Lipinski definition) is 1. The van der Waals surface area contributed by atoms with Gasteiger partial charge in [-0.2, -0.15) is 0 Å². The van der Waals surface area contributed by atoms with Crippen molar-refractivity contribution in [3.63, 3.8) is 0 Å². The standard InChI is InChI=1S/C13H20N2O.2ClH/c1-2-16-13-5-3-12(4-6-13)11-15-9-7-14-8-10-15;;/h3-6,14H,2,7-11H2,1H3;2*1H. The van der Waals surface area contributed by atoms with Crippen LogP contribution in [-0.4, -0.2) is 37.7 Å². The second-order valence-corrected chi connectivity index (χ2v) is 4.10. The van der Waals surface area contributed by atoms with E-state index in [4.69, 9.17) is 4.74 Å². The van der Waals surface area contributed by atoms with E-state index in [9.17, 15) is 0 Å². The zero-order valence-corrected chi connectivity index (χ0v) is 12.4. The molecule has 18 heavy (non-hydrogen) atoms. The molecule has 104 valence electrons. The summed E-state index contributed by atoms with van der Waals surface area (Å²) in [6.45, 7) is 8.30. The summed E-state index contributed by atoms with van der Waals surface area (Å²) in [7, 11) is 0. The van der Waals surface area contributed by atoms with Crippen LogP contribution in [0, 0.1) is 0 Å². The molecule has 1 aromatic carbocycles. The first-order valence-electron chi connectivity index (χ1n) is 6.03. The van der Waals surface area contributed by atoms with Gasteiger partial charge in [0, 0.05) is 32.7 Å². The van der Waals surface area contributed by atoms with E-state index in [1.54, 1.807) is 0 Å². The monoisotopic (exact) mass is 292 g/mol. The van der Waals surface area contributed by atoms with Gasteiger partial charge in [0.15, 0.2) is 0 Å². The summed E-state index contributed by atoms with van der Waals surface area (Å²) in [5.41, 5.74) is 1.37. The van der Waals surface area contributed by atoms with E-state index < -0.39 is 0 Å². The van der Waals surface area contributed by atoms with Crippen molar-refractivity contribution in [3.8, 4) is 5.75 Å². The molecule has 0 bridgehead atoms. The lowest BCUT2D eigenvalue weighted by molar-refractivity contribution is 0.233. The fourth-order valence-corrected chi connectivity index (χ4v) is 1.99. The summed E-state index contributed by atoms with van der Waals surface area (Å²) < 4.78 is 5.43. The molecule has 1 aliphatic rings. The highest BCUT2D eigenvalue weighted by Gasteiger charge is 2.09. The molecule has 1 aromatic rings. The van der Waals surface area contributed by atoms with E-state index in [1.165, 1.54) is 5.56 Å². The molecule has 1 saturated heterocycles. The number of halogens is 2. The number of ether oxygens (including phenoxy) is 1. The Labute approximate surface area is 122 Å². The molecule has 1 heterocycles. The quantitative estimate of drug-likeness (QED) is 0.922. The molecule has 0 saturated carbocycles. The van der Waals surface area contributed by atoms with Gasteiger partial charge >= 0.3 is 0 Å². The maximum Gasteiger partial charge on any atom is 0.119 e. The average molecular weight is 293 g/mol. The lowest BCUT2D eigenvalue weighted by atomic mass is 10.2. The number of rotatable bonds is 4. The van der Waals surface area contributed by atoms with Crippen LogP contribution in [0.2, 0.25) is 0 Å². The third-order valence-electron chi connectivity index (χ3n) is 2.85. The molecular weight excluding hydrogens is 271 g/mol. The van der Waals surface area contributed by atoms with Crippen LogP contribution in [0.1, 0.15) is 12.5 Å². The largest absolute Gasteiger partial charge is 0.494 e. The molecular formula is C13H22Cl2N2O. The second kappa shape index (κ2) is 9.45. The average Bonchev–Trinajstić information content (AvgIpc) is 2.33. The molecule has 0 aliphatic carbocycles. The summed E-state index contributed by atoms with van der Waals surface area (Å²) in [6.07, 6.45) is 0. The van der Waals surface area contributed by atoms with Gasteiger partial charge in [-0.25, -0.2) is 0 Å². The third-order valence-corrected chi connectivity index (χ3v) is 2.85. The maximum absolute atomic E-state index is 5.43. The highest BCUT2D eigenvalue weighted by atomic mass is 35.5. The van der Waals surface area contributed by atoms with E-state index in [0.29, 0.717) is 0 Å². The van der Waals surface area contributed by atoms with Crippen molar-refractivity contribution < 1.29 is 4.74 Å². The van der Waals surface area contributed by atoms with Crippen LogP contribution in [0.25, 0.3) is 0 Å². The van der Waals surface area contributed by atoms with Crippen LogP contribution in [0.4, 0.5) is 0 Å². The van der Waals surface area contributed by atoms with Crippen LogP contribution < -0.4 is 10.1 Å². The molecule has 5 heteroatoms. The van der Waals surface area contributed by atoms with Crippen molar-refractivity contribution >= 4 is 24.8 Å². The van der Waals surface area contributed by atoms with Gasteiger partial charge in [0.1, 0.15) is 5.75 Å². The predicted molar refractivity (Wildman–Crippen MR) is 80.3 cm³/mol. The third kappa shape index (κ3) is 5.44. The van der Waals surface area contributed by atoms with Crippen molar-refractivity contribution in [3.05, 3.63) is 29.8 Å². The Morgan fingerprint density at radius 1 is 1.11 bits per heavy atom. The van der Waals surface area contributed by atoms with Crippen molar-refractivity contribution in [1.82, 2.24) is 10.2 Å². The minimum Gasteiger partial charge on any atom is -0.494 e. The maximum atomic E-state index is 5.43. The summed E-state index contributed by atoms with van der Waals surface area (Å²) in [5, 5.41) is 3.36. The van der Waals surface area contributed by atoms with Crippen LogP contribution >= 0.6 is 24.8 Å². The first kappa shape index (κ1) is 17.5. The van der Waals surface area contributed by atoms with E-state index >= 15 is 0 Å². The molecule has 2 rings (SSSR count). The van der Waals surface area contributed by atoms with Crippen molar-refractivity contribution in [2.45, 2.75) is 13.5 Å². The topological polar surface area (TPSA) is 24.5 Å². The van der Waals surface area contributed by atoms with Gasteiger partial charge in [-0.1, -0.05) is 12.1 Å². The Hall–Kier alpha value is -0.480. The van der Waals surface area contributed by atoms with E-state index in [-0.39, 0.29) is 24.8 Å². The van der Waals surface area contributed by atoms with Crippen molar-refractivity contribution in [2.75, 3.05) is 32.8 Å². The molecule has 3 nitrogen and oxygen atoms in total. The lowest BCUT2D eigenvalue weighted by Crippen LogP contribution is -2.42. The van der Waals surface area contributed by atoms with Gasteiger partial charge in [-0.3, -0.25) is 4.90 Å². The predicted octanol–water partition coefficient (Wildman–Crippen LogP) is 2.33. The summed E-state index contributed by atoms with van der Waals surface area (Å²) in [6, 6.07) is 8.43. The van der Waals surface area contributed by atoms with Crippen LogP contribution in [0.5, 0.6) is 5.75 Å². The van der Waals surface area contributed by atoms with Crippen LogP contribution in [0.3, 0.4) is 0 Å². The zero-order chi connectivity index (χ0) is 11.2. The SMILES string of the molecule is CCOc1ccc(CN2CCNCC2)cc1.Cl.Cl. The number of nitrogens with zero attached hydrogens (tertiary/aromatic N) is 1. The minimum absolute atomic E-state index is 0. The fraction of sp³-hybridized carbons (Fsp3) is 0.538. The van der Waals surface area contributed by atoms with E-state index in [0.717, 1.165) is 45.1 Å². The Morgan fingerprint density at radius 2 is 1.72 bits per heavy atom. The number of piperazine rings is 1. The molecule has 0 amide bonds. The summed E-state index contributed by atoms with van der Waals surface area (Å²) in [5.74, 6) is 0.964. The van der Waals surface area contributed by atoms with Gasteiger partial charge in [0.2, 0.25) is 0 Å².